The summed E-state index contributed by atoms with van der Waals surface area (Å²) < 4.78 is 5.16. The smallest absolute Gasteiger partial charge is 0.371 e. The number of hydrogen-bond acceptors (Lipinski definition) is 5. The first-order valence-corrected chi connectivity index (χ1v) is 6.41. The molecule has 0 aliphatic rings. The number of carboxylic acid groups (broad SMARTS) is 1. The molecule has 1 unspecified atom stereocenters. The zero-order valence-corrected chi connectivity index (χ0v) is 11.0. The molecule has 2 aromatic heterocycles. The van der Waals surface area contributed by atoms with E-state index in [-0.39, 0.29) is 11.8 Å². The lowest BCUT2D eigenvalue weighted by Crippen LogP contribution is -2.17. The largest absolute Gasteiger partial charge is 0.475 e. The van der Waals surface area contributed by atoms with Gasteiger partial charge in [0.15, 0.2) is 0 Å². The van der Waals surface area contributed by atoms with Crippen molar-refractivity contribution in [1.29, 1.82) is 0 Å². The Kier molecular flexibility index (Phi) is 3.78. The Hall–Kier alpha value is -1.66. The third-order valence-corrected chi connectivity index (χ3v) is 3.61. The van der Waals surface area contributed by atoms with E-state index in [9.17, 15) is 4.79 Å². The number of aromatic carboxylic acids is 1. The van der Waals surface area contributed by atoms with Crippen LogP contribution in [0.3, 0.4) is 0 Å². The van der Waals surface area contributed by atoms with Crippen LogP contribution in [0.1, 0.15) is 40.0 Å². The number of carboxylic acids is 1. The van der Waals surface area contributed by atoms with Crippen LogP contribution in [0.5, 0.6) is 0 Å². The van der Waals surface area contributed by atoms with Crippen LogP contribution in [0.2, 0.25) is 0 Å². The molecule has 0 aromatic carbocycles. The molecule has 0 fully saturated rings. The standard InChI is InChI=1S/C12H14N2O3S/c1-7-6-18-11(14-7)8(2)13-5-9-3-4-10(17-9)12(15)16/h3-4,6,8,13H,5H2,1-2H3,(H,15,16). The average Bonchev–Trinajstić information content (AvgIpc) is 2.94. The van der Waals surface area contributed by atoms with E-state index in [1.165, 1.54) is 6.07 Å². The number of thiazole rings is 1. The Morgan fingerprint density at radius 1 is 1.61 bits per heavy atom. The summed E-state index contributed by atoms with van der Waals surface area (Å²) in [5.41, 5.74) is 1.01. The molecule has 5 nitrogen and oxygen atoms in total. The van der Waals surface area contributed by atoms with E-state index in [1.807, 2.05) is 19.2 Å². The summed E-state index contributed by atoms with van der Waals surface area (Å²) in [6.07, 6.45) is 0. The van der Waals surface area contributed by atoms with Crippen LogP contribution in [0.4, 0.5) is 0 Å². The normalized spacial score (nSPS) is 12.6. The van der Waals surface area contributed by atoms with Crippen LogP contribution in [0.15, 0.2) is 21.9 Å². The highest BCUT2D eigenvalue weighted by Gasteiger charge is 2.12. The minimum atomic E-state index is -1.05. The summed E-state index contributed by atoms with van der Waals surface area (Å²) in [6, 6.07) is 3.23. The molecule has 0 amide bonds. The maximum atomic E-state index is 10.7. The van der Waals surface area contributed by atoms with Crippen molar-refractivity contribution in [1.82, 2.24) is 10.3 Å². The Morgan fingerprint density at radius 2 is 2.39 bits per heavy atom. The van der Waals surface area contributed by atoms with Crippen molar-refractivity contribution in [2.24, 2.45) is 0 Å². The first-order chi connectivity index (χ1) is 8.56. The van der Waals surface area contributed by atoms with Gasteiger partial charge in [0, 0.05) is 11.1 Å². The lowest BCUT2D eigenvalue weighted by molar-refractivity contribution is 0.0660. The third kappa shape index (κ3) is 2.96. The Labute approximate surface area is 108 Å². The van der Waals surface area contributed by atoms with Crippen molar-refractivity contribution >= 4 is 17.3 Å². The molecule has 18 heavy (non-hydrogen) atoms. The summed E-state index contributed by atoms with van der Waals surface area (Å²) in [6.45, 7) is 4.45. The number of rotatable bonds is 5. The summed E-state index contributed by atoms with van der Waals surface area (Å²) in [5, 5.41) is 15.0. The first kappa shape index (κ1) is 12.8. The van der Waals surface area contributed by atoms with Gasteiger partial charge >= 0.3 is 5.97 Å². The van der Waals surface area contributed by atoms with Gasteiger partial charge in [0.25, 0.3) is 0 Å². The second kappa shape index (κ2) is 5.32. The molecule has 2 aromatic rings. The van der Waals surface area contributed by atoms with Crippen LogP contribution >= 0.6 is 11.3 Å². The maximum Gasteiger partial charge on any atom is 0.371 e. The minimum absolute atomic E-state index is 0.0375. The number of furan rings is 1. The average molecular weight is 266 g/mol. The third-order valence-electron chi connectivity index (χ3n) is 2.46. The lowest BCUT2D eigenvalue weighted by Gasteiger charge is -2.09. The molecule has 0 radical (unpaired) electrons. The van der Waals surface area contributed by atoms with Gasteiger partial charge in [0.2, 0.25) is 5.76 Å². The Morgan fingerprint density at radius 3 is 2.94 bits per heavy atom. The zero-order valence-electron chi connectivity index (χ0n) is 10.1. The number of aryl methyl sites for hydroxylation is 1. The van der Waals surface area contributed by atoms with Gasteiger partial charge in [-0.25, -0.2) is 9.78 Å². The number of nitrogens with zero attached hydrogens (tertiary/aromatic N) is 1. The highest BCUT2D eigenvalue weighted by atomic mass is 32.1. The van der Waals surface area contributed by atoms with E-state index >= 15 is 0 Å². The molecule has 0 saturated carbocycles. The van der Waals surface area contributed by atoms with Crippen molar-refractivity contribution in [2.75, 3.05) is 0 Å². The molecule has 0 spiro atoms. The van der Waals surface area contributed by atoms with Crippen molar-refractivity contribution in [3.05, 3.63) is 39.7 Å². The van der Waals surface area contributed by atoms with Gasteiger partial charge in [-0.3, -0.25) is 0 Å². The molecule has 0 aliphatic heterocycles. The van der Waals surface area contributed by atoms with E-state index in [4.69, 9.17) is 9.52 Å². The van der Waals surface area contributed by atoms with Crippen molar-refractivity contribution in [3.8, 4) is 0 Å². The van der Waals surface area contributed by atoms with E-state index < -0.39 is 5.97 Å². The molecule has 0 aliphatic carbocycles. The first-order valence-electron chi connectivity index (χ1n) is 5.53. The monoisotopic (exact) mass is 266 g/mol. The highest BCUT2D eigenvalue weighted by molar-refractivity contribution is 7.09. The summed E-state index contributed by atoms with van der Waals surface area (Å²) in [7, 11) is 0. The molecular formula is C12H14N2O3S. The van der Waals surface area contributed by atoms with E-state index in [0.717, 1.165) is 10.7 Å². The molecule has 96 valence electrons. The van der Waals surface area contributed by atoms with Gasteiger partial charge in [-0.1, -0.05) is 0 Å². The molecular weight excluding hydrogens is 252 g/mol. The van der Waals surface area contributed by atoms with Crippen LogP contribution in [0, 0.1) is 6.92 Å². The SMILES string of the molecule is Cc1csc(C(C)NCc2ccc(C(=O)O)o2)n1. The van der Waals surface area contributed by atoms with Gasteiger partial charge in [-0.15, -0.1) is 11.3 Å². The van der Waals surface area contributed by atoms with Gasteiger partial charge in [-0.05, 0) is 26.0 Å². The molecule has 6 heteroatoms. The van der Waals surface area contributed by atoms with Gasteiger partial charge in [-0.2, -0.15) is 0 Å². The lowest BCUT2D eigenvalue weighted by atomic mass is 10.3. The van der Waals surface area contributed by atoms with Crippen LogP contribution in [-0.2, 0) is 6.54 Å². The molecule has 0 saturated heterocycles. The fraction of sp³-hybridized carbons (Fsp3) is 0.333. The fourth-order valence-corrected chi connectivity index (χ4v) is 2.33. The molecule has 2 N–H and O–H groups in total. The Balaban J connectivity index is 1.92. The number of carbonyl (C=O) groups is 1. The van der Waals surface area contributed by atoms with Gasteiger partial charge in [0.05, 0.1) is 12.6 Å². The summed E-state index contributed by atoms with van der Waals surface area (Å²) >= 11 is 1.60. The summed E-state index contributed by atoms with van der Waals surface area (Å²) in [4.78, 5) is 15.0. The van der Waals surface area contributed by atoms with Crippen molar-refractivity contribution in [3.63, 3.8) is 0 Å². The summed E-state index contributed by atoms with van der Waals surface area (Å²) in [5.74, 6) is -0.484. The number of aromatic nitrogens is 1. The Bertz CT molecular complexity index is 547. The quantitative estimate of drug-likeness (QED) is 0.870. The molecule has 2 heterocycles. The molecule has 2 rings (SSSR count). The predicted molar refractivity (Wildman–Crippen MR) is 67.8 cm³/mol. The van der Waals surface area contributed by atoms with Crippen molar-refractivity contribution in [2.45, 2.75) is 26.4 Å². The second-order valence-electron chi connectivity index (χ2n) is 4.00. The van der Waals surface area contributed by atoms with Crippen molar-refractivity contribution < 1.29 is 14.3 Å². The molecule has 1 atom stereocenters. The number of hydrogen-bond donors (Lipinski definition) is 2. The van der Waals surface area contributed by atoms with Gasteiger partial charge in [0.1, 0.15) is 10.8 Å². The van der Waals surface area contributed by atoms with E-state index in [0.29, 0.717) is 12.3 Å². The zero-order chi connectivity index (χ0) is 13.1. The van der Waals surface area contributed by atoms with E-state index in [2.05, 4.69) is 10.3 Å². The second-order valence-corrected chi connectivity index (χ2v) is 4.89. The van der Waals surface area contributed by atoms with Crippen LogP contribution < -0.4 is 5.32 Å². The maximum absolute atomic E-state index is 10.7. The fourth-order valence-electron chi connectivity index (χ4n) is 1.50. The van der Waals surface area contributed by atoms with E-state index in [1.54, 1.807) is 17.4 Å². The van der Waals surface area contributed by atoms with Crippen LogP contribution in [-0.4, -0.2) is 16.1 Å². The minimum Gasteiger partial charge on any atom is -0.475 e. The highest BCUT2D eigenvalue weighted by Crippen LogP contribution is 2.18. The molecule has 0 bridgehead atoms. The predicted octanol–water partition coefficient (Wildman–Crippen LogP) is 2.59. The number of nitrogens with one attached hydrogen (secondary N) is 1. The van der Waals surface area contributed by atoms with Crippen LogP contribution in [0.25, 0.3) is 0 Å². The topological polar surface area (TPSA) is 75.4 Å². The van der Waals surface area contributed by atoms with Gasteiger partial charge < -0.3 is 14.8 Å².